The zero-order chi connectivity index (χ0) is 15.5. The summed E-state index contributed by atoms with van der Waals surface area (Å²) in [5.41, 5.74) is 0.971. The Bertz CT molecular complexity index is 535. The number of piperazine rings is 1. The van der Waals surface area contributed by atoms with Gasteiger partial charge in [0.05, 0.1) is 15.7 Å². The van der Waals surface area contributed by atoms with Crippen LogP contribution in [0.3, 0.4) is 0 Å². The van der Waals surface area contributed by atoms with E-state index in [2.05, 4.69) is 4.90 Å². The fraction of sp³-hybridized carbons (Fsp3) is 0.588. The fourth-order valence-electron chi connectivity index (χ4n) is 3.51. The third-order valence-corrected chi connectivity index (χ3v) is 5.63. The van der Waals surface area contributed by atoms with Crippen LogP contribution in [0, 0.1) is 5.92 Å². The zero-order valence-electron chi connectivity index (χ0n) is 12.7. The Balaban J connectivity index is 1.60. The maximum absolute atomic E-state index is 12.6. The van der Waals surface area contributed by atoms with E-state index in [1.54, 1.807) is 6.07 Å². The number of halogens is 2. The highest BCUT2D eigenvalue weighted by Gasteiger charge is 2.28. The summed E-state index contributed by atoms with van der Waals surface area (Å²) in [6, 6.07) is 5.71. The summed E-state index contributed by atoms with van der Waals surface area (Å²) in [7, 11) is 0. The Labute approximate surface area is 142 Å². The summed E-state index contributed by atoms with van der Waals surface area (Å²) in [5.74, 6) is 0.617. The van der Waals surface area contributed by atoms with Crippen molar-refractivity contribution in [3.8, 4) is 0 Å². The minimum Gasteiger partial charge on any atom is -0.367 e. The van der Waals surface area contributed by atoms with Gasteiger partial charge in [-0.2, -0.15) is 0 Å². The molecule has 22 heavy (non-hydrogen) atoms. The first-order chi connectivity index (χ1) is 10.7. The molecule has 0 unspecified atom stereocenters. The van der Waals surface area contributed by atoms with Crippen LogP contribution < -0.4 is 4.90 Å². The number of hydrogen-bond donors (Lipinski definition) is 0. The number of carbonyl (C=O) groups excluding carboxylic acids is 1. The van der Waals surface area contributed by atoms with Crippen molar-refractivity contribution in [2.45, 2.75) is 32.1 Å². The Hall–Kier alpha value is -0.930. The van der Waals surface area contributed by atoms with Crippen LogP contribution in [-0.2, 0) is 4.79 Å². The normalized spacial score (nSPS) is 20.3. The van der Waals surface area contributed by atoms with Gasteiger partial charge in [0.25, 0.3) is 0 Å². The molecule has 0 spiro atoms. The molecule has 0 aromatic heterocycles. The summed E-state index contributed by atoms with van der Waals surface area (Å²) in [4.78, 5) is 16.8. The maximum Gasteiger partial charge on any atom is 0.225 e. The van der Waals surface area contributed by atoms with Gasteiger partial charge in [-0.05, 0) is 25.0 Å². The van der Waals surface area contributed by atoms with Gasteiger partial charge in [0, 0.05) is 32.1 Å². The highest BCUT2D eigenvalue weighted by molar-refractivity contribution is 6.43. The molecule has 120 valence electrons. The number of anilines is 1. The quantitative estimate of drug-likeness (QED) is 0.804. The van der Waals surface area contributed by atoms with Crippen molar-refractivity contribution in [3.63, 3.8) is 0 Å². The van der Waals surface area contributed by atoms with Crippen molar-refractivity contribution in [1.29, 1.82) is 0 Å². The van der Waals surface area contributed by atoms with Gasteiger partial charge in [0.2, 0.25) is 5.91 Å². The van der Waals surface area contributed by atoms with E-state index in [9.17, 15) is 4.79 Å². The molecule has 5 heteroatoms. The summed E-state index contributed by atoms with van der Waals surface area (Å²) < 4.78 is 0. The number of carbonyl (C=O) groups is 1. The molecule has 1 amide bonds. The molecule has 1 saturated heterocycles. The highest BCUT2D eigenvalue weighted by atomic mass is 35.5. The van der Waals surface area contributed by atoms with E-state index in [1.807, 2.05) is 17.0 Å². The van der Waals surface area contributed by atoms with Crippen LogP contribution in [0.25, 0.3) is 0 Å². The average molecular weight is 341 g/mol. The lowest BCUT2D eigenvalue weighted by Gasteiger charge is -2.38. The van der Waals surface area contributed by atoms with Gasteiger partial charge >= 0.3 is 0 Å². The smallest absolute Gasteiger partial charge is 0.225 e. The molecular formula is C17H22Cl2N2O. The summed E-state index contributed by atoms with van der Waals surface area (Å²) >= 11 is 12.4. The van der Waals surface area contributed by atoms with Crippen molar-refractivity contribution < 1.29 is 4.79 Å². The van der Waals surface area contributed by atoms with Gasteiger partial charge in [0.1, 0.15) is 0 Å². The molecule has 0 bridgehead atoms. The molecule has 3 nitrogen and oxygen atoms in total. The van der Waals surface area contributed by atoms with Gasteiger partial charge in [-0.15, -0.1) is 0 Å². The molecule has 0 atom stereocenters. The van der Waals surface area contributed by atoms with E-state index in [0.29, 0.717) is 16.0 Å². The SMILES string of the molecule is O=C(C1CCCCC1)N1CCN(c2cccc(Cl)c2Cl)CC1. The molecule has 2 aliphatic rings. The van der Waals surface area contributed by atoms with Crippen LogP contribution in [0.1, 0.15) is 32.1 Å². The number of amides is 1. The first kappa shape index (κ1) is 15.9. The minimum atomic E-state index is 0.259. The predicted molar refractivity (Wildman–Crippen MR) is 91.8 cm³/mol. The van der Waals surface area contributed by atoms with Crippen LogP contribution in [0.4, 0.5) is 5.69 Å². The van der Waals surface area contributed by atoms with Gasteiger partial charge < -0.3 is 9.80 Å². The molecule has 1 aliphatic carbocycles. The van der Waals surface area contributed by atoms with Gasteiger partial charge in [-0.25, -0.2) is 0 Å². The van der Waals surface area contributed by atoms with E-state index < -0.39 is 0 Å². The van der Waals surface area contributed by atoms with Crippen LogP contribution in [0.15, 0.2) is 18.2 Å². The summed E-state index contributed by atoms with van der Waals surface area (Å²) in [6.07, 6.45) is 5.83. The maximum atomic E-state index is 12.6. The van der Waals surface area contributed by atoms with Crippen molar-refractivity contribution >= 4 is 34.8 Å². The molecule has 0 radical (unpaired) electrons. The second-order valence-electron chi connectivity index (χ2n) is 6.22. The topological polar surface area (TPSA) is 23.6 Å². The number of nitrogens with zero attached hydrogens (tertiary/aromatic N) is 2. The lowest BCUT2D eigenvalue weighted by atomic mass is 9.88. The van der Waals surface area contributed by atoms with E-state index in [1.165, 1.54) is 19.3 Å². The number of hydrogen-bond acceptors (Lipinski definition) is 2. The van der Waals surface area contributed by atoms with Gasteiger partial charge in [-0.1, -0.05) is 48.5 Å². The predicted octanol–water partition coefficient (Wildman–Crippen LogP) is 4.22. The molecule has 1 heterocycles. The molecule has 1 aliphatic heterocycles. The standard InChI is InChI=1S/C17H22Cl2N2O/c18-14-7-4-8-15(16(14)19)20-9-11-21(12-10-20)17(22)13-5-2-1-3-6-13/h4,7-8,13H,1-3,5-6,9-12H2. The summed E-state index contributed by atoms with van der Waals surface area (Å²) in [6.45, 7) is 3.19. The van der Waals surface area contributed by atoms with Crippen molar-refractivity contribution in [2.75, 3.05) is 31.1 Å². The van der Waals surface area contributed by atoms with Crippen LogP contribution in [0.2, 0.25) is 10.0 Å². The molecule has 1 aromatic rings. The van der Waals surface area contributed by atoms with E-state index in [-0.39, 0.29) is 5.92 Å². The van der Waals surface area contributed by atoms with Crippen LogP contribution in [0.5, 0.6) is 0 Å². The molecule has 1 aromatic carbocycles. The van der Waals surface area contributed by atoms with Crippen molar-refractivity contribution in [2.24, 2.45) is 5.92 Å². The van der Waals surface area contributed by atoms with Crippen LogP contribution >= 0.6 is 23.2 Å². The average Bonchev–Trinajstić information content (AvgIpc) is 2.58. The third kappa shape index (κ3) is 3.36. The minimum absolute atomic E-state index is 0.259. The van der Waals surface area contributed by atoms with E-state index in [4.69, 9.17) is 23.2 Å². The lowest BCUT2D eigenvalue weighted by molar-refractivity contribution is -0.136. The summed E-state index contributed by atoms with van der Waals surface area (Å²) in [5, 5.41) is 1.19. The Morgan fingerprint density at radius 1 is 1.00 bits per heavy atom. The van der Waals surface area contributed by atoms with E-state index in [0.717, 1.165) is 44.7 Å². The lowest BCUT2D eigenvalue weighted by Crippen LogP contribution is -2.50. The molecule has 3 rings (SSSR count). The number of rotatable bonds is 2. The van der Waals surface area contributed by atoms with Gasteiger partial charge in [0.15, 0.2) is 0 Å². The highest BCUT2D eigenvalue weighted by Crippen LogP contribution is 2.33. The Kier molecular flexibility index (Phi) is 5.14. The Morgan fingerprint density at radius 3 is 2.36 bits per heavy atom. The number of benzene rings is 1. The monoisotopic (exact) mass is 340 g/mol. The van der Waals surface area contributed by atoms with Crippen molar-refractivity contribution in [3.05, 3.63) is 28.2 Å². The first-order valence-corrected chi connectivity index (χ1v) is 8.90. The largest absolute Gasteiger partial charge is 0.367 e. The molecule has 2 fully saturated rings. The zero-order valence-corrected chi connectivity index (χ0v) is 14.2. The molecular weight excluding hydrogens is 319 g/mol. The third-order valence-electron chi connectivity index (χ3n) is 4.82. The first-order valence-electron chi connectivity index (χ1n) is 8.14. The molecule has 0 N–H and O–H groups in total. The fourth-order valence-corrected chi connectivity index (χ4v) is 3.93. The van der Waals surface area contributed by atoms with E-state index >= 15 is 0 Å². The van der Waals surface area contributed by atoms with Gasteiger partial charge in [-0.3, -0.25) is 4.79 Å². The second kappa shape index (κ2) is 7.10. The van der Waals surface area contributed by atoms with Crippen molar-refractivity contribution in [1.82, 2.24) is 4.90 Å². The van der Waals surface area contributed by atoms with Crippen LogP contribution in [-0.4, -0.2) is 37.0 Å². The second-order valence-corrected chi connectivity index (χ2v) is 7.01. The molecule has 1 saturated carbocycles. The Morgan fingerprint density at radius 2 is 1.68 bits per heavy atom.